The normalized spacial score (nSPS) is 10.5. The summed E-state index contributed by atoms with van der Waals surface area (Å²) < 4.78 is 0. The van der Waals surface area contributed by atoms with Crippen LogP contribution in [0, 0.1) is 0 Å². The monoisotopic (exact) mass is 334 g/mol. The Balaban J connectivity index is 1.98. The molecule has 0 amide bonds. The summed E-state index contributed by atoms with van der Waals surface area (Å²) in [7, 11) is 0. The van der Waals surface area contributed by atoms with Crippen LogP contribution in [0.5, 0.6) is 0 Å². The standard InChI is InChI=1S/C25H18O/c26-25(21-15-8-3-9-16-21)24-22(19-11-4-1-5-12-19)17-10-18-23(24)20-13-6-2-7-14-20/h1-18H. The Morgan fingerprint density at radius 1 is 0.462 bits per heavy atom. The molecule has 4 aromatic rings. The average molecular weight is 334 g/mol. The Bertz CT molecular complexity index is 962. The smallest absolute Gasteiger partial charge is 0.194 e. The molecule has 0 spiro atoms. The summed E-state index contributed by atoms with van der Waals surface area (Å²) in [5, 5.41) is 0. The van der Waals surface area contributed by atoms with Crippen molar-refractivity contribution in [1.29, 1.82) is 0 Å². The third-order valence-corrected chi connectivity index (χ3v) is 4.50. The third kappa shape index (κ3) is 3.07. The van der Waals surface area contributed by atoms with Crippen molar-refractivity contribution in [3.8, 4) is 22.3 Å². The molecule has 0 unspecified atom stereocenters. The van der Waals surface area contributed by atoms with Gasteiger partial charge in [-0.15, -0.1) is 0 Å². The van der Waals surface area contributed by atoms with Gasteiger partial charge in [-0.05, 0) is 22.3 Å². The molecule has 4 aromatic carbocycles. The van der Waals surface area contributed by atoms with Gasteiger partial charge in [-0.3, -0.25) is 4.79 Å². The quantitative estimate of drug-likeness (QED) is 0.403. The van der Waals surface area contributed by atoms with Crippen molar-refractivity contribution >= 4 is 5.78 Å². The molecular weight excluding hydrogens is 316 g/mol. The fourth-order valence-electron chi connectivity index (χ4n) is 3.25. The fourth-order valence-corrected chi connectivity index (χ4v) is 3.25. The second kappa shape index (κ2) is 7.20. The van der Waals surface area contributed by atoms with E-state index >= 15 is 0 Å². The van der Waals surface area contributed by atoms with Crippen LogP contribution < -0.4 is 0 Å². The lowest BCUT2D eigenvalue weighted by Crippen LogP contribution is -2.06. The number of carbonyl (C=O) groups excluding carboxylic acids is 1. The van der Waals surface area contributed by atoms with Gasteiger partial charge in [0.25, 0.3) is 0 Å². The minimum absolute atomic E-state index is 0.0453. The maximum Gasteiger partial charge on any atom is 0.194 e. The highest BCUT2D eigenvalue weighted by atomic mass is 16.1. The van der Waals surface area contributed by atoms with E-state index in [9.17, 15) is 4.79 Å². The molecule has 0 fully saturated rings. The fraction of sp³-hybridized carbons (Fsp3) is 0. The van der Waals surface area contributed by atoms with E-state index in [-0.39, 0.29) is 5.78 Å². The molecule has 0 saturated heterocycles. The van der Waals surface area contributed by atoms with Crippen molar-refractivity contribution < 1.29 is 4.79 Å². The Morgan fingerprint density at radius 2 is 0.885 bits per heavy atom. The first-order chi connectivity index (χ1) is 12.8. The summed E-state index contributed by atoms with van der Waals surface area (Å²) in [6, 6.07) is 35.7. The predicted molar refractivity (Wildman–Crippen MR) is 107 cm³/mol. The predicted octanol–water partition coefficient (Wildman–Crippen LogP) is 6.25. The summed E-state index contributed by atoms with van der Waals surface area (Å²) in [5.41, 5.74) is 5.46. The van der Waals surface area contributed by atoms with Gasteiger partial charge in [0.05, 0.1) is 0 Å². The molecule has 0 heterocycles. The molecule has 4 rings (SSSR count). The van der Waals surface area contributed by atoms with Crippen molar-refractivity contribution in [3.05, 3.63) is 120 Å². The molecule has 0 saturated carbocycles. The highest BCUT2D eigenvalue weighted by Gasteiger charge is 2.19. The van der Waals surface area contributed by atoms with Crippen LogP contribution in [-0.2, 0) is 0 Å². The zero-order chi connectivity index (χ0) is 17.8. The number of ketones is 1. The van der Waals surface area contributed by atoms with Gasteiger partial charge in [0.2, 0.25) is 0 Å². The highest BCUT2D eigenvalue weighted by Crippen LogP contribution is 2.34. The van der Waals surface area contributed by atoms with Crippen molar-refractivity contribution in [2.75, 3.05) is 0 Å². The Morgan fingerprint density at radius 3 is 1.35 bits per heavy atom. The Hall–Kier alpha value is -3.45. The van der Waals surface area contributed by atoms with E-state index in [4.69, 9.17) is 0 Å². The molecule has 0 radical (unpaired) electrons. The van der Waals surface area contributed by atoms with Gasteiger partial charge in [-0.2, -0.15) is 0 Å². The molecule has 0 aliphatic heterocycles. The number of carbonyl (C=O) groups is 1. The van der Waals surface area contributed by atoms with E-state index in [1.165, 1.54) is 0 Å². The van der Waals surface area contributed by atoms with Crippen molar-refractivity contribution in [2.45, 2.75) is 0 Å². The second-order valence-electron chi connectivity index (χ2n) is 6.16. The minimum Gasteiger partial charge on any atom is -0.289 e. The summed E-state index contributed by atoms with van der Waals surface area (Å²) in [4.78, 5) is 13.4. The van der Waals surface area contributed by atoms with Crippen LogP contribution >= 0.6 is 0 Å². The van der Waals surface area contributed by atoms with Gasteiger partial charge < -0.3 is 0 Å². The summed E-state index contributed by atoms with van der Waals surface area (Å²) in [6.07, 6.45) is 0. The van der Waals surface area contributed by atoms with Gasteiger partial charge in [0, 0.05) is 11.1 Å². The van der Waals surface area contributed by atoms with Gasteiger partial charge in [0.15, 0.2) is 5.78 Å². The van der Waals surface area contributed by atoms with Crippen LogP contribution in [0.1, 0.15) is 15.9 Å². The van der Waals surface area contributed by atoms with E-state index in [2.05, 4.69) is 0 Å². The van der Waals surface area contributed by atoms with E-state index in [1.807, 2.05) is 109 Å². The maximum absolute atomic E-state index is 13.4. The van der Waals surface area contributed by atoms with Crippen molar-refractivity contribution in [3.63, 3.8) is 0 Å². The molecule has 0 aliphatic rings. The highest BCUT2D eigenvalue weighted by molar-refractivity contribution is 6.16. The number of hydrogen-bond acceptors (Lipinski definition) is 1. The summed E-state index contributed by atoms with van der Waals surface area (Å²) in [5.74, 6) is 0.0453. The first kappa shape index (κ1) is 16.0. The first-order valence-electron chi connectivity index (χ1n) is 8.68. The van der Waals surface area contributed by atoms with Crippen LogP contribution in [0.25, 0.3) is 22.3 Å². The average Bonchev–Trinajstić information content (AvgIpc) is 2.74. The number of hydrogen-bond donors (Lipinski definition) is 0. The lowest BCUT2D eigenvalue weighted by molar-refractivity contribution is 0.104. The number of rotatable bonds is 4. The molecule has 0 bridgehead atoms. The molecule has 124 valence electrons. The molecule has 26 heavy (non-hydrogen) atoms. The van der Waals surface area contributed by atoms with Crippen LogP contribution in [-0.4, -0.2) is 5.78 Å². The molecule has 0 aliphatic carbocycles. The van der Waals surface area contributed by atoms with E-state index < -0.39 is 0 Å². The first-order valence-corrected chi connectivity index (χ1v) is 8.68. The maximum atomic E-state index is 13.4. The lowest BCUT2D eigenvalue weighted by atomic mass is 9.87. The van der Waals surface area contributed by atoms with Crippen molar-refractivity contribution in [1.82, 2.24) is 0 Å². The van der Waals surface area contributed by atoms with Crippen LogP contribution in [0.15, 0.2) is 109 Å². The molecule has 1 heteroatoms. The Labute approximate surface area is 153 Å². The largest absolute Gasteiger partial charge is 0.289 e. The van der Waals surface area contributed by atoms with Crippen LogP contribution in [0.3, 0.4) is 0 Å². The SMILES string of the molecule is O=C(c1ccccc1)c1c(-c2ccccc2)cccc1-c1ccccc1. The van der Waals surface area contributed by atoms with E-state index in [0.29, 0.717) is 5.56 Å². The zero-order valence-corrected chi connectivity index (χ0v) is 14.3. The Kier molecular flexibility index (Phi) is 4.44. The molecule has 0 atom stereocenters. The second-order valence-corrected chi connectivity index (χ2v) is 6.16. The van der Waals surface area contributed by atoms with Crippen LogP contribution in [0.4, 0.5) is 0 Å². The molecule has 0 aromatic heterocycles. The molecule has 1 nitrogen and oxygen atoms in total. The molecule has 0 N–H and O–H groups in total. The van der Waals surface area contributed by atoms with E-state index in [1.54, 1.807) is 0 Å². The van der Waals surface area contributed by atoms with Gasteiger partial charge in [-0.1, -0.05) is 109 Å². The third-order valence-electron chi connectivity index (χ3n) is 4.50. The topological polar surface area (TPSA) is 17.1 Å². The zero-order valence-electron chi connectivity index (χ0n) is 14.3. The molecular formula is C25H18O. The van der Waals surface area contributed by atoms with E-state index in [0.717, 1.165) is 27.8 Å². The van der Waals surface area contributed by atoms with Crippen molar-refractivity contribution in [2.24, 2.45) is 0 Å². The van der Waals surface area contributed by atoms with Gasteiger partial charge in [-0.25, -0.2) is 0 Å². The van der Waals surface area contributed by atoms with Gasteiger partial charge >= 0.3 is 0 Å². The number of benzene rings is 4. The lowest BCUT2D eigenvalue weighted by Gasteiger charge is -2.15. The van der Waals surface area contributed by atoms with Gasteiger partial charge in [0.1, 0.15) is 0 Å². The summed E-state index contributed by atoms with van der Waals surface area (Å²) >= 11 is 0. The summed E-state index contributed by atoms with van der Waals surface area (Å²) in [6.45, 7) is 0. The minimum atomic E-state index is 0.0453. The van der Waals surface area contributed by atoms with Crippen LogP contribution in [0.2, 0.25) is 0 Å².